The van der Waals surface area contributed by atoms with Gasteiger partial charge in [0.15, 0.2) is 6.61 Å². The van der Waals surface area contributed by atoms with Crippen molar-refractivity contribution in [2.24, 2.45) is 0 Å². The number of methoxy groups -OCH3 is 2. The molecule has 0 bridgehead atoms. The first-order chi connectivity index (χ1) is 11.0. The standard InChI is InChI=1S/C16H21NO6/c1-12-4-6-13(7-5-12)23-11-14(18)17(10-16(20)22-3)9-8-15(19)21-2/h4-7H,8-11H2,1-3H3. The van der Waals surface area contributed by atoms with E-state index in [2.05, 4.69) is 9.47 Å². The van der Waals surface area contributed by atoms with Crippen LogP contribution in [0.15, 0.2) is 24.3 Å². The molecule has 1 aromatic carbocycles. The van der Waals surface area contributed by atoms with Gasteiger partial charge in [0.25, 0.3) is 5.91 Å². The summed E-state index contributed by atoms with van der Waals surface area (Å²) in [7, 11) is 2.49. The number of hydrogen-bond acceptors (Lipinski definition) is 6. The second-order valence-electron chi connectivity index (χ2n) is 4.82. The third-order valence-electron chi connectivity index (χ3n) is 3.10. The van der Waals surface area contributed by atoms with Crippen LogP contribution in [0.2, 0.25) is 0 Å². The van der Waals surface area contributed by atoms with Gasteiger partial charge in [0.05, 0.1) is 20.6 Å². The highest BCUT2D eigenvalue weighted by Crippen LogP contribution is 2.11. The van der Waals surface area contributed by atoms with E-state index in [4.69, 9.17) is 4.74 Å². The van der Waals surface area contributed by atoms with E-state index in [9.17, 15) is 14.4 Å². The van der Waals surface area contributed by atoms with Gasteiger partial charge < -0.3 is 19.1 Å². The topological polar surface area (TPSA) is 82.1 Å². The highest BCUT2D eigenvalue weighted by molar-refractivity contribution is 5.83. The molecule has 7 nitrogen and oxygen atoms in total. The highest BCUT2D eigenvalue weighted by atomic mass is 16.5. The Hall–Kier alpha value is -2.57. The van der Waals surface area contributed by atoms with Gasteiger partial charge in [-0.25, -0.2) is 0 Å². The molecule has 0 N–H and O–H groups in total. The molecule has 0 heterocycles. The van der Waals surface area contributed by atoms with Crippen molar-refractivity contribution < 1.29 is 28.6 Å². The summed E-state index contributed by atoms with van der Waals surface area (Å²) in [6.07, 6.45) is -0.0102. The zero-order valence-corrected chi connectivity index (χ0v) is 13.5. The molecule has 1 aromatic rings. The van der Waals surface area contributed by atoms with Crippen LogP contribution in [0.25, 0.3) is 0 Å². The number of esters is 2. The lowest BCUT2D eigenvalue weighted by Crippen LogP contribution is -2.40. The van der Waals surface area contributed by atoms with E-state index >= 15 is 0 Å². The lowest BCUT2D eigenvalue weighted by molar-refractivity contribution is -0.149. The van der Waals surface area contributed by atoms with Crippen LogP contribution >= 0.6 is 0 Å². The molecule has 0 spiro atoms. The molecule has 0 unspecified atom stereocenters. The maximum Gasteiger partial charge on any atom is 0.325 e. The molecule has 0 saturated heterocycles. The first-order valence-corrected chi connectivity index (χ1v) is 7.07. The molecular weight excluding hydrogens is 302 g/mol. The van der Waals surface area contributed by atoms with E-state index in [1.54, 1.807) is 12.1 Å². The Bertz CT molecular complexity index is 540. The first kappa shape index (κ1) is 18.5. The molecule has 0 aliphatic carbocycles. The van der Waals surface area contributed by atoms with Crippen molar-refractivity contribution >= 4 is 17.8 Å². The van der Waals surface area contributed by atoms with Gasteiger partial charge in [0.1, 0.15) is 12.3 Å². The van der Waals surface area contributed by atoms with Gasteiger partial charge in [-0.05, 0) is 19.1 Å². The Morgan fingerprint density at radius 3 is 2.17 bits per heavy atom. The summed E-state index contributed by atoms with van der Waals surface area (Å²) < 4.78 is 14.5. The number of hydrogen-bond donors (Lipinski definition) is 0. The molecule has 0 aromatic heterocycles. The third-order valence-corrected chi connectivity index (χ3v) is 3.10. The molecule has 1 amide bonds. The average Bonchev–Trinajstić information content (AvgIpc) is 2.57. The Labute approximate surface area is 135 Å². The Kier molecular flexibility index (Phi) is 7.59. The molecule has 126 valence electrons. The van der Waals surface area contributed by atoms with E-state index in [-0.39, 0.29) is 26.1 Å². The van der Waals surface area contributed by atoms with Gasteiger partial charge in [0.2, 0.25) is 0 Å². The predicted octanol–water partition coefficient (Wildman–Crippen LogP) is 0.939. The van der Waals surface area contributed by atoms with Crippen molar-refractivity contribution in [3.05, 3.63) is 29.8 Å². The number of rotatable bonds is 8. The number of carbonyl (C=O) groups excluding carboxylic acids is 3. The van der Waals surface area contributed by atoms with E-state index in [0.29, 0.717) is 5.75 Å². The highest BCUT2D eigenvalue weighted by Gasteiger charge is 2.19. The van der Waals surface area contributed by atoms with Crippen LogP contribution in [0.4, 0.5) is 0 Å². The minimum atomic E-state index is -0.571. The lowest BCUT2D eigenvalue weighted by Gasteiger charge is -2.21. The van der Waals surface area contributed by atoms with Crippen molar-refractivity contribution in [1.29, 1.82) is 0 Å². The first-order valence-electron chi connectivity index (χ1n) is 7.07. The van der Waals surface area contributed by atoms with Crippen LogP contribution in [-0.4, -0.2) is 56.7 Å². The summed E-state index contributed by atoms with van der Waals surface area (Å²) in [4.78, 5) is 36.0. The summed E-state index contributed by atoms with van der Waals surface area (Å²) in [5, 5.41) is 0. The van der Waals surface area contributed by atoms with E-state index in [1.807, 2.05) is 19.1 Å². The number of aryl methyl sites for hydroxylation is 1. The molecule has 1 rings (SSSR count). The second kappa shape index (κ2) is 9.45. The molecular formula is C16H21NO6. The zero-order chi connectivity index (χ0) is 17.2. The van der Waals surface area contributed by atoms with Gasteiger partial charge in [-0.3, -0.25) is 14.4 Å². The fourth-order valence-electron chi connectivity index (χ4n) is 1.71. The third kappa shape index (κ3) is 6.82. The minimum absolute atomic E-state index is 0.0102. The van der Waals surface area contributed by atoms with Gasteiger partial charge in [-0.2, -0.15) is 0 Å². The summed E-state index contributed by atoms with van der Waals surface area (Å²) in [6, 6.07) is 7.23. The van der Waals surface area contributed by atoms with Gasteiger partial charge >= 0.3 is 11.9 Å². The Morgan fingerprint density at radius 1 is 1.00 bits per heavy atom. The van der Waals surface area contributed by atoms with Crippen molar-refractivity contribution in [3.63, 3.8) is 0 Å². The molecule has 0 fully saturated rings. The fourth-order valence-corrected chi connectivity index (χ4v) is 1.71. The van der Waals surface area contributed by atoms with Gasteiger partial charge in [0, 0.05) is 6.54 Å². The summed E-state index contributed by atoms with van der Waals surface area (Å²) in [6.45, 7) is 1.52. The van der Waals surface area contributed by atoms with Crippen LogP contribution in [0.5, 0.6) is 5.75 Å². The smallest absolute Gasteiger partial charge is 0.325 e. The number of nitrogens with zero attached hydrogens (tertiary/aromatic N) is 1. The van der Waals surface area contributed by atoms with Crippen molar-refractivity contribution in [2.75, 3.05) is 33.9 Å². The van der Waals surface area contributed by atoms with E-state index < -0.39 is 17.8 Å². The van der Waals surface area contributed by atoms with E-state index in [1.165, 1.54) is 19.1 Å². The normalized spacial score (nSPS) is 9.87. The number of benzene rings is 1. The average molecular weight is 323 g/mol. The largest absolute Gasteiger partial charge is 0.484 e. The molecule has 0 aliphatic rings. The maximum absolute atomic E-state index is 12.2. The monoisotopic (exact) mass is 323 g/mol. The number of amides is 1. The predicted molar refractivity (Wildman–Crippen MR) is 81.9 cm³/mol. The lowest BCUT2D eigenvalue weighted by atomic mass is 10.2. The zero-order valence-electron chi connectivity index (χ0n) is 13.5. The second-order valence-corrected chi connectivity index (χ2v) is 4.82. The number of ether oxygens (including phenoxy) is 3. The molecule has 0 aliphatic heterocycles. The Balaban J connectivity index is 2.60. The maximum atomic E-state index is 12.2. The molecule has 0 radical (unpaired) electrons. The van der Waals surface area contributed by atoms with Crippen LogP contribution in [-0.2, 0) is 23.9 Å². The minimum Gasteiger partial charge on any atom is -0.484 e. The van der Waals surface area contributed by atoms with Crippen molar-refractivity contribution in [2.45, 2.75) is 13.3 Å². The Morgan fingerprint density at radius 2 is 1.61 bits per heavy atom. The number of carbonyl (C=O) groups is 3. The molecule has 0 atom stereocenters. The van der Waals surface area contributed by atoms with Crippen LogP contribution in [0.1, 0.15) is 12.0 Å². The van der Waals surface area contributed by atoms with Crippen molar-refractivity contribution in [1.82, 2.24) is 4.90 Å². The van der Waals surface area contributed by atoms with Crippen LogP contribution in [0.3, 0.4) is 0 Å². The van der Waals surface area contributed by atoms with Crippen LogP contribution in [0, 0.1) is 6.92 Å². The summed E-state index contributed by atoms with van der Waals surface area (Å²) in [5.74, 6) is -0.902. The SMILES string of the molecule is COC(=O)CCN(CC(=O)OC)C(=O)COc1ccc(C)cc1. The van der Waals surface area contributed by atoms with Gasteiger partial charge in [-0.1, -0.05) is 17.7 Å². The fraction of sp³-hybridized carbons (Fsp3) is 0.438. The van der Waals surface area contributed by atoms with Crippen molar-refractivity contribution in [3.8, 4) is 5.75 Å². The molecule has 7 heteroatoms. The van der Waals surface area contributed by atoms with Crippen LogP contribution < -0.4 is 4.74 Å². The van der Waals surface area contributed by atoms with E-state index in [0.717, 1.165) is 5.56 Å². The molecule has 0 saturated carbocycles. The summed E-state index contributed by atoms with van der Waals surface area (Å²) >= 11 is 0. The quantitative estimate of drug-likeness (QED) is 0.662. The molecule has 23 heavy (non-hydrogen) atoms. The van der Waals surface area contributed by atoms with Gasteiger partial charge in [-0.15, -0.1) is 0 Å². The summed E-state index contributed by atoms with van der Waals surface area (Å²) in [5.41, 5.74) is 1.08.